The van der Waals surface area contributed by atoms with E-state index >= 15 is 0 Å². The van der Waals surface area contributed by atoms with Crippen LogP contribution < -0.4 is 10.6 Å². The van der Waals surface area contributed by atoms with Crippen LogP contribution in [-0.4, -0.2) is 17.2 Å². The van der Waals surface area contributed by atoms with Crippen LogP contribution in [0.3, 0.4) is 0 Å². The molecule has 1 heterocycles. The van der Waals surface area contributed by atoms with Crippen molar-refractivity contribution in [1.29, 1.82) is 0 Å². The first kappa shape index (κ1) is 20.9. The Morgan fingerprint density at radius 2 is 1.55 bits per heavy atom. The van der Waals surface area contributed by atoms with Crippen LogP contribution in [0.25, 0.3) is 0 Å². The summed E-state index contributed by atoms with van der Waals surface area (Å²) in [6.07, 6.45) is 0. The van der Waals surface area contributed by atoms with Crippen molar-refractivity contribution in [1.82, 2.24) is 0 Å². The van der Waals surface area contributed by atoms with Gasteiger partial charge in [-0.25, -0.2) is 0 Å². The highest BCUT2D eigenvalue weighted by molar-refractivity contribution is 6.13. The van der Waals surface area contributed by atoms with Gasteiger partial charge in [-0.3, -0.25) is 9.79 Å². The van der Waals surface area contributed by atoms with Crippen molar-refractivity contribution in [2.75, 3.05) is 10.6 Å². The van der Waals surface area contributed by atoms with Gasteiger partial charge in [0.05, 0.1) is 16.9 Å². The number of aryl methyl sites for hydroxylation is 1. The fourth-order valence-electron chi connectivity index (χ4n) is 3.81. The number of carbonyl (C=O) groups excluding carboxylic acids is 1. The molecule has 1 unspecified atom stereocenters. The summed E-state index contributed by atoms with van der Waals surface area (Å²) in [5, 5.41) is 7.22. The van der Waals surface area contributed by atoms with E-state index in [0.717, 1.165) is 22.8 Å². The fraction of sp³-hybridized carbons (Fsp3) is 0.259. The summed E-state index contributed by atoms with van der Waals surface area (Å²) in [6.45, 7) is 10.5. The second-order valence-corrected chi connectivity index (χ2v) is 9.33. The van der Waals surface area contributed by atoms with E-state index in [0.29, 0.717) is 11.1 Å². The van der Waals surface area contributed by atoms with Gasteiger partial charge in [0.15, 0.2) is 5.78 Å². The number of anilines is 2. The number of fused-ring (bicyclic) bond motifs is 1. The summed E-state index contributed by atoms with van der Waals surface area (Å²) in [5.41, 5.74) is 4.67. The van der Waals surface area contributed by atoms with Gasteiger partial charge in [0, 0.05) is 11.1 Å². The topological polar surface area (TPSA) is 53.5 Å². The number of hydrogen-bond acceptors (Lipinski definition) is 3. The van der Waals surface area contributed by atoms with Crippen molar-refractivity contribution in [3.8, 4) is 0 Å². The van der Waals surface area contributed by atoms with E-state index in [-0.39, 0.29) is 11.3 Å². The second-order valence-electron chi connectivity index (χ2n) is 9.33. The zero-order chi connectivity index (χ0) is 22.2. The number of benzene rings is 3. The Balaban J connectivity index is 1.79. The molecule has 4 nitrogen and oxygen atoms in total. The summed E-state index contributed by atoms with van der Waals surface area (Å²) in [5.74, 6) is 0.870. The van der Waals surface area contributed by atoms with Crippen molar-refractivity contribution in [2.24, 2.45) is 4.99 Å². The maximum atomic E-state index is 13.0. The van der Waals surface area contributed by atoms with Gasteiger partial charge in [-0.15, -0.1) is 0 Å². The molecule has 4 rings (SSSR count). The molecule has 1 aliphatic rings. The number of carbonyl (C=O) groups is 1. The third-order valence-electron chi connectivity index (χ3n) is 5.51. The lowest BCUT2D eigenvalue weighted by molar-refractivity contribution is 0.103. The zero-order valence-electron chi connectivity index (χ0n) is 18.8. The lowest BCUT2D eigenvalue weighted by Crippen LogP contribution is -2.48. The van der Waals surface area contributed by atoms with Gasteiger partial charge in [-0.05, 0) is 58.4 Å². The van der Waals surface area contributed by atoms with Crippen LogP contribution in [0.4, 0.5) is 11.4 Å². The Kier molecular flexibility index (Phi) is 5.18. The molecule has 31 heavy (non-hydrogen) atoms. The van der Waals surface area contributed by atoms with E-state index in [1.165, 1.54) is 5.56 Å². The summed E-state index contributed by atoms with van der Waals surface area (Å²) >= 11 is 0. The molecule has 3 aromatic carbocycles. The standard InChI is InChI=1S/C27H29N3O/c1-18-11-14-21(15-12-18)27(5)25(30-26(2,3)4)28-22-16-13-20(17-23(22)29-27)24(31)19-9-7-6-8-10-19/h6-17,29H,1-5H3,(H,28,30). The zero-order valence-corrected chi connectivity index (χ0v) is 18.8. The SMILES string of the molecule is Cc1ccc(C2(C)Nc3cc(C(=O)c4ccccc4)ccc3NC2=NC(C)(C)C)cc1. The third kappa shape index (κ3) is 4.24. The Morgan fingerprint density at radius 3 is 2.19 bits per heavy atom. The van der Waals surface area contributed by atoms with E-state index in [2.05, 4.69) is 69.5 Å². The number of ketones is 1. The summed E-state index contributed by atoms with van der Waals surface area (Å²) < 4.78 is 0. The minimum Gasteiger partial charge on any atom is -0.368 e. The molecule has 4 heteroatoms. The van der Waals surface area contributed by atoms with E-state index in [4.69, 9.17) is 4.99 Å². The van der Waals surface area contributed by atoms with Crippen LogP contribution >= 0.6 is 0 Å². The number of aliphatic imine (C=N–C) groups is 1. The molecular formula is C27H29N3O. The van der Waals surface area contributed by atoms with Gasteiger partial charge in [0.1, 0.15) is 11.4 Å². The van der Waals surface area contributed by atoms with Gasteiger partial charge in [0.25, 0.3) is 0 Å². The maximum absolute atomic E-state index is 13.0. The second kappa shape index (κ2) is 7.69. The smallest absolute Gasteiger partial charge is 0.193 e. The maximum Gasteiger partial charge on any atom is 0.193 e. The minimum absolute atomic E-state index is 0.0106. The lowest BCUT2D eigenvalue weighted by atomic mass is 9.86. The summed E-state index contributed by atoms with van der Waals surface area (Å²) in [4.78, 5) is 18.0. The van der Waals surface area contributed by atoms with Crippen LogP contribution in [0.1, 0.15) is 54.7 Å². The molecule has 0 radical (unpaired) electrons. The Labute approximate surface area is 184 Å². The average Bonchev–Trinajstić information content (AvgIpc) is 2.73. The third-order valence-corrected chi connectivity index (χ3v) is 5.51. The van der Waals surface area contributed by atoms with Crippen molar-refractivity contribution in [3.63, 3.8) is 0 Å². The van der Waals surface area contributed by atoms with Gasteiger partial charge in [0.2, 0.25) is 0 Å². The number of nitrogens with zero attached hydrogens (tertiary/aromatic N) is 1. The molecule has 0 bridgehead atoms. The molecule has 0 aliphatic carbocycles. The van der Waals surface area contributed by atoms with Crippen molar-refractivity contribution in [3.05, 3.63) is 95.1 Å². The van der Waals surface area contributed by atoms with Gasteiger partial charge >= 0.3 is 0 Å². The van der Waals surface area contributed by atoms with E-state index < -0.39 is 5.54 Å². The van der Waals surface area contributed by atoms with Gasteiger partial charge in [-0.2, -0.15) is 0 Å². The number of hydrogen-bond donors (Lipinski definition) is 2. The molecule has 1 atom stereocenters. The highest BCUT2D eigenvalue weighted by Crippen LogP contribution is 2.38. The van der Waals surface area contributed by atoms with Crippen molar-refractivity contribution < 1.29 is 4.79 Å². The molecule has 3 aromatic rings. The normalized spacial score (nSPS) is 19.3. The predicted molar refractivity (Wildman–Crippen MR) is 129 cm³/mol. The van der Waals surface area contributed by atoms with E-state index in [9.17, 15) is 4.79 Å². The number of amidine groups is 1. The Hall–Kier alpha value is -3.40. The van der Waals surface area contributed by atoms with E-state index in [1.807, 2.05) is 48.5 Å². The fourth-order valence-corrected chi connectivity index (χ4v) is 3.81. The van der Waals surface area contributed by atoms with E-state index in [1.54, 1.807) is 0 Å². The molecule has 2 N–H and O–H groups in total. The van der Waals surface area contributed by atoms with Crippen LogP contribution in [0.5, 0.6) is 0 Å². The molecular weight excluding hydrogens is 382 g/mol. The van der Waals surface area contributed by atoms with Gasteiger partial charge < -0.3 is 10.6 Å². The number of rotatable bonds is 3. The molecule has 0 fully saturated rings. The van der Waals surface area contributed by atoms with Gasteiger partial charge in [-0.1, -0.05) is 60.2 Å². The highest BCUT2D eigenvalue weighted by Gasteiger charge is 2.38. The molecule has 158 valence electrons. The quantitative estimate of drug-likeness (QED) is 0.506. The highest BCUT2D eigenvalue weighted by atomic mass is 16.1. The minimum atomic E-state index is -0.553. The van der Waals surface area contributed by atoms with Crippen LogP contribution in [0.15, 0.2) is 77.8 Å². The van der Waals surface area contributed by atoms with Crippen LogP contribution in [0, 0.1) is 6.92 Å². The average molecular weight is 412 g/mol. The first-order valence-electron chi connectivity index (χ1n) is 10.6. The van der Waals surface area contributed by atoms with Crippen molar-refractivity contribution >= 4 is 23.0 Å². The molecule has 1 aliphatic heterocycles. The first-order chi connectivity index (χ1) is 14.7. The van der Waals surface area contributed by atoms with Crippen LogP contribution in [0.2, 0.25) is 0 Å². The predicted octanol–water partition coefficient (Wildman–Crippen LogP) is 6.18. The largest absolute Gasteiger partial charge is 0.368 e. The monoisotopic (exact) mass is 411 g/mol. The molecule has 0 amide bonds. The van der Waals surface area contributed by atoms with Crippen molar-refractivity contribution in [2.45, 2.75) is 45.7 Å². The Bertz CT molecular complexity index is 1140. The van der Waals surface area contributed by atoms with Crippen LogP contribution in [-0.2, 0) is 5.54 Å². The number of nitrogens with one attached hydrogen (secondary N) is 2. The lowest BCUT2D eigenvalue weighted by Gasteiger charge is -2.40. The summed E-state index contributed by atoms with van der Waals surface area (Å²) in [6, 6.07) is 23.6. The molecule has 0 saturated carbocycles. The molecule has 0 spiro atoms. The first-order valence-corrected chi connectivity index (χ1v) is 10.6. The molecule has 0 saturated heterocycles. The Morgan fingerprint density at radius 1 is 0.871 bits per heavy atom. The summed E-state index contributed by atoms with van der Waals surface area (Å²) in [7, 11) is 0. The molecule has 0 aromatic heterocycles.